The van der Waals surface area contributed by atoms with Crippen LogP contribution in [0.5, 0.6) is 0 Å². The second kappa shape index (κ2) is 14.0. The second-order valence-corrected chi connectivity index (χ2v) is 11.3. The number of amides is 3. The van der Waals surface area contributed by atoms with Gasteiger partial charge in [-0.2, -0.15) is 0 Å². The highest BCUT2D eigenvalue weighted by Crippen LogP contribution is 2.30. The molecule has 0 aliphatic carbocycles. The number of rotatable bonds is 9. The lowest BCUT2D eigenvalue weighted by Crippen LogP contribution is -2.36. The Morgan fingerprint density at radius 2 is 1.41 bits per heavy atom. The zero-order valence-electron chi connectivity index (χ0n) is 23.0. The lowest BCUT2D eigenvalue weighted by Gasteiger charge is -2.35. The van der Waals surface area contributed by atoms with E-state index in [0.29, 0.717) is 29.4 Å². The fraction of sp³-hybridized carbons (Fsp3) is 0.235. The molecule has 1 aliphatic heterocycles. The number of piperidine rings is 1. The van der Waals surface area contributed by atoms with E-state index in [1.165, 1.54) is 11.1 Å². The lowest BCUT2D eigenvalue weighted by molar-refractivity contribution is 0.0954. The van der Waals surface area contributed by atoms with Gasteiger partial charge in [-0.1, -0.05) is 82.7 Å². The number of hydrogen-bond acceptors (Lipinski definition) is 3. The molecular weight excluding hydrogens is 576 g/mol. The summed E-state index contributed by atoms with van der Waals surface area (Å²) >= 11 is 3.42. The summed E-state index contributed by atoms with van der Waals surface area (Å²) in [6, 6.07) is 33.4. The lowest BCUT2D eigenvalue weighted by atomic mass is 9.89. The van der Waals surface area contributed by atoms with E-state index in [-0.39, 0.29) is 11.9 Å². The van der Waals surface area contributed by atoms with Gasteiger partial charge in [0, 0.05) is 41.2 Å². The molecular formula is C34H35BrN4O2. The Kier molecular flexibility index (Phi) is 9.70. The summed E-state index contributed by atoms with van der Waals surface area (Å²) in [5.74, 6) is 0.484. The third-order valence-corrected chi connectivity index (χ3v) is 7.94. The van der Waals surface area contributed by atoms with E-state index in [4.69, 9.17) is 0 Å². The van der Waals surface area contributed by atoms with Gasteiger partial charge in [-0.05, 0) is 79.1 Å². The first-order valence-electron chi connectivity index (χ1n) is 14.1. The third kappa shape index (κ3) is 8.21. The van der Waals surface area contributed by atoms with Gasteiger partial charge in [0.05, 0.1) is 5.56 Å². The summed E-state index contributed by atoms with van der Waals surface area (Å²) in [5.41, 5.74) is 5.26. The monoisotopic (exact) mass is 610 g/mol. The Hall–Kier alpha value is -4.10. The molecule has 6 nitrogen and oxygen atoms in total. The van der Waals surface area contributed by atoms with E-state index in [2.05, 4.69) is 79.2 Å². The molecule has 0 radical (unpaired) electrons. The second-order valence-electron chi connectivity index (χ2n) is 10.4. The fourth-order valence-corrected chi connectivity index (χ4v) is 5.72. The van der Waals surface area contributed by atoms with Crippen molar-refractivity contribution in [3.63, 3.8) is 0 Å². The van der Waals surface area contributed by atoms with Gasteiger partial charge in [-0.3, -0.25) is 4.79 Å². The van der Waals surface area contributed by atoms with Crippen LogP contribution in [0.2, 0.25) is 0 Å². The largest absolute Gasteiger partial charge is 0.371 e. The van der Waals surface area contributed by atoms with Crippen molar-refractivity contribution >= 4 is 44.9 Å². The van der Waals surface area contributed by atoms with Gasteiger partial charge >= 0.3 is 6.03 Å². The van der Waals surface area contributed by atoms with Gasteiger partial charge in [0.15, 0.2) is 0 Å². The van der Waals surface area contributed by atoms with Crippen molar-refractivity contribution < 1.29 is 9.59 Å². The molecule has 7 heteroatoms. The van der Waals surface area contributed by atoms with Gasteiger partial charge in [0.2, 0.25) is 0 Å². The van der Waals surface area contributed by atoms with Gasteiger partial charge in [-0.15, -0.1) is 0 Å². The predicted octanol–water partition coefficient (Wildman–Crippen LogP) is 7.52. The Labute approximate surface area is 250 Å². The number of anilines is 3. The molecule has 210 valence electrons. The summed E-state index contributed by atoms with van der Waals surface area (Å²) in [7, 11) is 0. The number of nitrogens with zero attached hydrogens (tertiary/aromatic N) is 1. The van der Waals surface area contributed by atoms with Crippen molar-refractivity contribution in [2.24, 2.45) is 5.92 Å². The Morgan fingerprint density at radius 1 is 0.756 bits per heavy atom. The van der Waals surface area contributed by atoms with Crippen molar-refractivity contribution in [1.29, 1.82) is 0 Å². The maximum Gasteiger partial charge on any atom is 0.323 e. The quantitative estimate of drug-likeness (QED) is 0.183. The normalized spacial score (nSPS) is 13.4. The zero-order valence-corrected chi connectivity index (χ0v) is 24.6. The maximum atomic E-state index is 13.5. The standard InChI is InChI=1S/C34H35BrN4O2/c35-28-12-7-13-29(23-28)37-34(41)38-30-14-15-32(31(24-30)33(40)36-19-16-25-8-3-1-4-9-25)39-20-17-27(18-21-39)22-26-10-5-2-6-11-26/h1-15,23-24,27H,16-22H2,(H,36,40)(H2,37,38,41). The number of hydrogen-bond donors (Lipinski definition) is 3. The number of halogens is 1. The average molecular weight is 612 g/mol. The summed E-state index contributed by atoms with van der Waals surface area (Å²) < 4.78 is 0.877. The number of urea groups is 1. The van der Waals surface area contributed by atoms with Gasteiger partial charge in [0.1, 0.15) is 0 Å². The number of carbonyl (C=O) groups is 2. The molecule has 0 aromatic heterocycles. The molecule has 41 heavy (non-hydrogen) atoms. The van der Waals surface area contributed by atoms with Crippen LogP contribution in [0.1, 0.15) is 34.3 Å². The van der Waals surface area contributed by atoms with E-state index < -0.39 is 0 Å². The molecule has 4 aromatic carbocycles. The summed E-state index contributed by atoms with van der Waals surface area (Å²) in [6.07, 6.45) is 3.97. The van der Waals surface area contributed by atoms with Crippen LogP contribution in [-0.2, 0) is 12.8 Å². The van der Waals surface area contributed by atoms with Crippen LogP contribution in [0, 0.1) is 5.92 Å². The minimum Gasteiger partial charge on any atom is -0.371 e. The highest BCUT2D eigenvalue weighted by Gasteiger charge is 2.24. The highest BCUT2D eigenvalue weighted by atomic mass is 79.9. The van der Waals surface area contributed by atoms with Crippen molar-refractivity contribution in [1.82, 2.24) is 5.32 Å². The first-order valence-corrected chi connectivity index (χ1v) is 14.9. The van der Waals surface area contributed by atoms with Crippen molar-refractivity contribution in [3.8, 4) is 0 Å². The summed E-state index contributed by atoms with van der Waals surface area (Å²) in [6.45, 7) is 2.30. The van der Waals surface area contributed by atoms with Crippen LogP contribution >= 0.6 is 15.9 Å². The zero-order chi connectivity index (χ0) is 28.4. The van der Waals surface area contributed by atoms with Crippen LogP contribution in [0.15, 0.2) is 108 Å². The molecule has 1 heterocycles. The SMILES string of the molecule is O=C(Nc1cccc(Br)c1)Nc1ccc(N2CCC(Cc3ccccc3)CC2)c(C(=O)NCCc2ccccc2)c1. The van der Waals surface area contributed by atoms with Crippen LogP contribution < -0.4 is 20.9 Å². The van der Waals surface area contributed by atoms with E-state index >= 15 is 0 Å². The number of carbonyl (C=O) groups excluding carboxylic acids is 2. The third-order valence-electron chi connectivity index (χ3n) is 7.45. The molecule has 0 unspecified atom stereocenters. The van der Waals surface area contributed by atoms with Gasteiger partial charge in [0.25, 0.3) is 5.91 Å². The molecule has 3 amide bonds. The molecule has 0 bridgehead atoms. The Morgan fingerprint density at radius 3 is 2.10 bits per heavy atom. The maximum absolute atomic E-state index is 13.5. The smallest absolute Gasteiger partial charge is 0.323 e. The molecule has 1 saturated heterocycles. The van der Waals surface area contributed by atoms with E-state index in [1.54, 1.807) is 6.07 Å². The van der Waals surface area contributed by atoms with E-state index in [9.17, 15) is 9.59 Å². The minimum absolute atomic E-state index is 0.140. The van der Waals surface area contributed by atoms with Gasteiger partial charge in [-0.25, -0.2) is 4.79 Å². The van der Waals surface area contributed by atoms with Gasteiger partial charge < -0.3 is 20.9 Å². The molecule has 0 spiro atoms. The van der Waals surface area contributed by atoms with E-state index in [0.717, 1.165) is 48.9 Å². The topological polar surface area (TPSA) is 73.5 Å². The number of nitrogens with one attached hydrogen (secondary N) is 3. The van der Waals surface area contributed by atoms with Crippen molar-refractivity contribution in [2.75, 3.05) is 35.2 Å². The van der Waals surface area contributed by atoms with Crippen LogP contribution in [-0.4, -0.2) is 31.6 Å². The van der Waals surface area contributed by atoms with E-state index in [1.807, 2.05) is 54.6 Å². The molecule has 0 atom stereocenters. The van der Waals surface area contributed by atoms with Crippen LogP contribution in [0.25, 0.3) is 0 Å². The first-order chi connectivity index (χ1) is 20.0. The fourth-order valence-electron chi connectivity index (χ4n) is 5.32. The Bertz CT molecular complexity index is 1450. The molecule has 1 aliphatic rings. The van der Waals surface area contributed by atoms with Crippen LogP contribution in [0.3, 0.4) is 0 Å². The molecule has 5 rings (SSSR count). The summed E-state index contributed by atoms with van der Waals surface area (Å²) in [5, 5.41) is 8.83. The average Bonchev–Trinajstić information content (AvgIpc) is 2.98. The van der Waals surface area contributed by atoms with Crippen molar-refractivity contribution in [2.45, 2.75) is 25.7 Å². The van der Waals surface area contributed by atoms with Crippen molar-refractivity contribution in [3.05, 3.63) is 124 Å². The summed E-state index contributed by atoms with van der Waals surface area (Å²) in [4.78, 5) is 28.5. The first kappa shape index (κ1) is 28.4. The molecule has 1 fully saturated rings. The molecule has 3 N–H and O–H groups in total. The predicted molar refractivity (Wildman–Crippen MR) is 171 cm³/mol. The highest BCUT2D eigenvalue weighted by molar-refractivity contribution is 9.10. The Balaban J connectivity index is 1.28. The molecule has 0 saturated carbocycles. The minimum atomic E-state index is -0.368. The molecule has 4 aromatic rings. The van der Waals surface area contributed by atoms with Crippen LogP contribution in [0.4, 0.5) is 21.9 Å². The number of benzene rings is 4.